The van der Waals surface area contributed by atoms with Crippen molar-refractivity contribution in [2.24, 2.45) is 5.92 Å². The Balaban J connectivity index is 1.06. The predicted molar refractivity (Wildman–Crippen MR) is 160 cm³/mol. The fraction of sp³-hybridized carbons (Fsp3) is 0.467. The molecule has 1 aliphatic heterocycles. The van der Waals surface area contributed by atoms with Gasteiger partial charge in [0.2, 0.25) is 11.9 Å². The summed E-state index contributed by atoms with van der Waals surface area (Å²) >= 11 is 0. The van der Waals surface area contributed by atoms with Gasteiger partial charge in [-0.15, -0.1) is 0 Å². The number of aryl methyl sites for hydroxylation is 1. The molecule has 2 aliphatic rings. The van der Waals surface area contributed by atoms with E-state index in [0.29, 0.717) is 31.3 Å². The zero-order valence-corrected chi connectivity index (χ0v) is 24.9. The minimum Gasteiger partial charge on any atom is -0.493 e. The minimum absolute atomic E-state index is 0.0481. The molecule has 0 unspecified atom stereocenters. The molecular formula is C30H37N7O4S. The molecule has 1 aliphatic carbocycles. The van der Waals surface area contributed by atoms with Gasteiger partial charge in [-0.25, -0.2) is 18.4 Å². The van der Waals surface area contributed by atoms with Crippen LogP contribution in [-0.4, -0.2) is 74.5 Å². The number of hydrogen-bond donors (Lipinski definition) is 1. The monoisotopic (exact) mass is 591 g/mol. The van der Waals surface area contributed by atoms with Crippen LogP contribution in [0.25, 0.3) is 16.7 Å². The number of sulfone groups is 1. The van der Waals surface area contributed by atoms with Crippen LogP contribution in [0.2, 0.25) is 0 Å². The molecule has 6 rings (SSSR count). The lowest BCUT2D eigenvalue weighted by molar-refractivity contribution is -0.138. The van der Waals surface area contributed by atoms with Crippen molar-refractivity contribution in [2.75, 3.05) is 30.5 Å². The molecule has 3 aromatic heterocycles. The van der Waals surface area contributed by atoms with Crippen molar-refractivity contribution >= 4 is 32.6 Å². The number of hydrogen-bond acceptors (Lipinski definition) is 8. The highest BCUT2D eigenvalue weighted by molar-refractivity contribution is 7.90. The molecule has 1 fully saturated rings. The predicted octanol–water partition coefficient (Wildman–Crippen LogP) is 3.75. The van der Waals surface area contributed by atoms with Crippen LogP contribution in [0.4, 0.5) is 5.95 Å². The number of carbonyl (C=O) groups is 1. The molecule has 0 spiro atoms. The number of ether oxygens (including phenoxy) is 1. The highest BCUT2D eigenvalue weighted by Crippen LogP contribution is 2.30. The molecule has 0 bridgehead atoms. The van der Waals surface area contributed by atoms with E-state index in [4.69, 9.17) is 9.72 Å². The molecule has 0 saturated heterocycles. The standard InChI is InChI=1S/C30H37N7O4S/c1-21-19-32-28-20-35(15-16-36(21)28)29(38)22-7-9-23(10-8-22)33-30-31-13-11-27(34-30)37-14-12-24-25(37)5-3-6-26(24)41-17-4-18-42(2,39)40/h3,5-6,11-14,19,22-23H,4,7-10,15-18,20H2,1-2H3,(H,31,33,34). The fourth-order valence-corrected chi connectivity index (χ4v) is 6.69. The van der Waals surface area contributed by atoms with E-state index in [1.54, 1.807) is 6.20 Å². The van der Waals surface area contributed by atoms with Crippen molar-refractivity contribution in [2.45, 2.75) is 58.2 Å². The lowest BCUT2D eigenvalue weighted by Gasteiger charge is -2.34. The van der Waals surface area contributed by atoms with Gasteiger partial charge in [0.05, 0.1) is 24.4 Å². The molecule has 4 heterocycles. The first kappa shape index (κ1) is 28.2. The average Bonchev–Trinajstić information content (AvgIpc) is 3.59. The van der Waals surface area contributed by atoms with E-state index in [2.05, 4.69) is 26.8 Å². The van der Waals surface area contributed by atoms with E-state index in [1.165, 1.54) is 6.26 Å². The number of nitrogens with zero attached hydrogens (tertiary/aromatic N) is 6. The van der Waals surface area contributed by atoms with E-state index in [1.807, 2.05) is 52.2 Å². The lowest BCUT2D eigenvalue weighted by Crippen LogP contribution is -2.43. The maximum Gasteiger partial charge on any atom is 0.226 e. The molecule has 1 aromatic carbocycles. The molecule has 1 amide bonds. The van der Waals surface area contributed by atoms with Crippen LogP contribution < -0.4 is 10.1 Å². The first-order chi connectivity index (χ1) is 20.2. The second kappa shape index (κ2) is 11.7. The van der Waals surface area contributed by atoms with Gasteiger partial charge in [-0.1, -0.05) is 6.07 Å². The number of fused-ring (bicyclic) bond motifs is 2. The zero-order valence-electron chi connectivity index (χ0n) is 24.1. The van der Waals surface area contributed by atoms with Crippen molar-refractivity contribution in [3.8, 4) is 11.6 Å². The van der Waals surface area contributed by atoms with E-state index in [9.17, 15) is 13.2 Å². The zero-order chi connectivity index (χ0) is 29.3. The largest absolute Gasteiger partial charge is 0.493 e. The molecule has 0 atom stereocenters. The third-order valence-corrected chi connectivity index (χ3v) is 9.31. The van der Waals surface area contributed by atoms with Gasteiger partial charge >= 0.3 is 0 Å². The van der Waals surface area contributed by atoms with Crippen LogP contribution in [0.1, 0.15) is 43.6 Å². The summed E-state index contributed by atoms with van der Waals surface area (Å²) in [4.78, 5) is 29.0. The van der Waals surface area contributed by atoms with E-state index < -0.39 is 9.84 Å². The van der Waals surface area contributed by atoms with Crippen molar-refractivity contribution < 1.29 is 17.9 Å². The summed E-state index contributed by atoms with van der Waals surface area (Å²) in [7, 11) is -3.01. The summed E-state index contributed by atoms with van der Waals surface area (Å²) in [6.07, 6.45) is 10.7. The normalized spacial score (nSPS) is 19.0. The highest BCUT2D eigenvalue weighted by atomic mass is 32.2. The van der Waals surface area contributed by atoms with Gasteiger partial charge < -0.3 is 24.1 Å². The molecule has 12 heteroatoms. The van der Waals surface area contributed by atoms with Crippen LogP contribution in [0.5, 0.6) is 5.75 Å². The highest BCUT2D eigenvalue weighted by Gasteiger charge is 2.32. The van der Waals surface area contributed by atoms with Crippen molar-refractivity contribution in [3.63, 3.8) is 0 Å². The van der Waals surface area contributed by atoms with Crippen molar-refractivity contribution in [1.29, 1.82) is 0 Å². The molecule has 222 valence electrons. The quantitative estimate of drug-likeness (QED) is 0.292. The molecule has 1 N–H and O–H groups in total. The van der Waals surface area contributed by atoms with Crippen LogP contribution >= 0.6 is 0 Å². The summed E-state index contributed by atoms with van der Waals surface area (Å²) in [6.45, 7) is 4.54. The molecule has 0 radical (unpaired) electrons. The second-order valence-electron chi connectivity index (χ2n) is 11.4. The number of anilines is 1. The molecule has 4 aromatic rings. The molecule has 42 heavy (non-hydrogen) atoms. The van der Waals surface area contributed by atoms with Crippen LogP contribution in [-0.2, 0) is 27.7 Å². The Kier molecular flexibility index (Phi) is 7.89. The number of imidazole rings is 1. The van der Waals surface area contributed by atoms with Crippen molar-refractivity contribution in [1.82, 2.24) is 29.0 Å². The van der Waals surface area contributed by atoms with Gasteiger partial charge in [0.25, 0.3) is 0 Å². The Morgan fingerprint density at radius 3 is 2.74 bits per heavy atom. The third kappa shape index (κ3) is 6.13. The van der Waals surface area contributed by atoms with Gasteiger partial charge in [-0.3, -0.25) is 4.79 Å². The summed E-state index contributed by atoms with van der Waals surface area (Å²) in [5, 5.41) is 4.43. The topological polar surface area (TPSA) is 124 Å². The Labute approximate surface area is 245 Å². The third-order valence-electron chi connectivity index (χ3n) is 8.28. The maximum absolute atomic E-state index is 13.3. The SMILES string of the molecule is Cc1cnc2n1CCN(C(=O)C1CCC(Nc3nccc(-n4ccc5c(OCCCS(C)(=O)=O)cccc54)n3)CC1)C2. The number of benzene rings is 1. The molecular weight excluding hydrogens is 554 g/mol. The van der Waals surface area contributed by atoms with Gasteiger partial charge in [0.15, 0.2) is 0 Å². The molecule has 1 saturated carbocycles. The van der Waals surface area contributed by atoms with E-state index in [0.717, 1.165) is 67.0 Å². The molecule has 11 nitrogen and oxygen atoms in total. The summed E-state index contributed by atoms with van der Waals surface area (Å²) in [5.41, 5.74) is 2.09. The second-order valence-corrected chi connectivity index (χ2v) is 13.6. The van der Waals surface area contributed by atoms with Crippen LogP contribution in [0.15, 0.2) is 48.9 Å². The summed E-state index contributed by atoms with van der Waals surface area (Å²) in [6, 6.07) is 9.87. The van der Waals surface area contributed by atoms with Gasteiger partial charge in [0, 0.05) is 61.0 Å². The fourth-order valence-electron chi connectivity index (χ4n) is 6.05. The summed E-state index contributed by atoms with van der Waals surface area (Å²) in [5.74, 6) is 3.38. The number of aromatic nitrogens is 5. The summed E-state index contributed by atoms with van der Waals surface area (Å²) < 4.78 is 32.9. The smallest absolute Gasteiger partial charge is 0.226 e. The first-order valence-corrected chi connectivity index (χ1v) is 16.6. The van der Waals surface area contributed by atoms with E-state index in [-0.39, 0.29) is 23.6 Å². The van der Waals surface area contributed by atoms with Crippen molar-refractivity contribution in [3.05, 3.63) is 60.4 Å². The van der Waals surface area contributed by atoms with Gasteiger partial charge in [-0.05, 0) is 63.3 Å². The Bertz CT molecular complexity index is 1690. The first-order valence-electron chi connectivity index (χ1n) is 14.6. The number of amides is 1. The minimum atomic E-state index is -3.01. The van der Waals surface area contributed by atoms with Crippen LogP contribution in [0, 0.1) is 12.8 Å². The Hall–Kier alpha value is -3.93. The number of nitrogens with one attached hydrogen (secondary N) is 1. The van der Waals surface area contributed by atoms with Gasteiger partial charge in [0.1, 0.15) is 27.2 Å². The Morgan fingerprint density at radius 1 is 1.10 bits per heavy atom. The van der Waals surface area contributed by atoms with Crippen LogP contribution in [0.3, 0.4) is 0 Å². The Morgan fingerprint density at radius 2 is 1.93 bits per heavy atom. The maximum atomic E-state index is 13.3. The lowest BCUT2D eigenvalue weighted by atomic mass is 9.85. The van der Waals surface area contributed by atoms with Gasteiger partial charge in [-0.2, -0.15) is 4.98 Å². The average molecular weight is 592 g/mol. The van der Waals surface area contributed by atoms with E-state index >= 15 is 0 Å². The number of rotatable bonds is 9. The number of carbonyl (C=O) groups excluding carboxylic acids is 1.